The SMILES string of the molecule is c1ccc(-c2cc3ccc(-c4c5ccccc5c(-c5ccc6nc(-c7ccccc7)c(-c7ccccc7)nc6c5)c5cc(-c6ccc7c(c6)C6(c8ccccc8-c8ccccc86)c6ccccc6C76c7ccccc7-c7ccccc76)ccc45)cc3cc2-c2ccccc2)cc1. The number of fused-ring (bicyclic) bond motifs is 20. The minimum absolute atomic E-state index is 0.591. The monoisotopic (exact) mass is 1210 g/mol. The third-order valence-corrected chi connectivity index (χ3v) is 21.3. The summed E-state index contributed by atoms with van der Waals surface area (Å²) in [6.07, 6.45) is 0. The Bertz CT molecular complexity index is 5980. The summed E-state index contributed by atoms with van der Waals surface area (Å²) in [5.41, 5.74) is 31.6. The molecule has 17 aromatic rings. The molecule has 0 atom stereocenters. The van der Waals surface area contributed by atoms with Gasteiger partial charge in [-0.25, -0.2) is 9.97 Å². The number of benzene rings is 16. The molecular weight excluding hydrogens is 1160 g/mol. The van der Waals surface area contributed by atoms with Gasteiger partial charge in [0.05, 0.1) is 33.3 Å². The van der Waals surface area contributed by atoms with Crippen molar-refractivity contribution < 1.29 is 0 Å². The van der Waals surface area contributed by atoms with E-state index < -0.39 is 10.8 Å². The van der Waals surface area contributed by atoms with E-state index in [1.54, 1.807) is 0 Å². The average Bonchev–Trinajstić information content (AvgIpc) is 1.36. The normalized spacial score (nSPS) is 13.4. The van der Waals surface area contributed by atoms with Crippen molar-refractivity contribution in [2.24, 2.45) is 0 Å². The van der Waals surface area contributed by atoms with E-state index in [4.69, 9.17) is 9.97 Å². The summed E-state index contributed by atoms with van der Waals surface area (Å²) >= 11 is 0. The molecule has 0 radical (unpaired) electrons. The molecule has 2 heteroatoms. The number of hydrogen-bond donors (Lipinski definition) is 0. The first-order chi connectivity index (χ1) is 47.6. The molecule has 0 fully saturated rings. The van der Waals surface area contributed by atoms with Gasteiger partial charge in [-0.2, -0.15) is 0 Å². The maximum Gasteiger partial charge on any atom is 0.0973 e. The lowest BCUT2D eigenvalue weighted by Gasteiger charge is -2.49. The highest BCUT2D eigenvalue weighted by atomic mass is 14.8. The van der Waals surface area contributed by atoms with Crippen molar-refractivity contribution in [2.45, 2.75) is 10.8 Å². The standard InChI is InChI=1S/C94H58N2/c1-5-25-59(26-6-1)76-54-64-45-46-66(53-68(64)56-77(76)60-27-7-2-8-28-60)89-73-37-13-14-38-74(73)90(67-49-52-87-88(58-67)96-92(62-31-11-4-12-32-62)91(95-87)61-29-9-3-10-30-61)78-55-63(47-50-75(78)89)65-48-51-85-86(57-65)94(81-41-21-17-35-71(81)72-36-18-22-42-82(72)94)84-44-24-23-43-83(84)93(85)79-39-19-15-33-69(79)70-34-16-20-40-80(70)93/h1-58H. The number of hydrogen-bond acceptors (Lipinski definition) is 2. The van der Waals surface area contributed by atoms with Gasteiger partial charge in [0.1, 0.15) is 0 Å². The number of rotatable bonds is 7. The lowest BCUT2D eigenvalue weighted by molar-refractivity contribution is 0.633. The van der Waals surface area contributed by atoms with Crippen LogP contribution in [-0.2, 0) is 10.8 Å². The lowest BCUT2D eigenvalue weighted by Crippen LogP contribution is -2.43. The summed E-state index contributed by atoms with van der Waals surface area (Å²) < 4.78 is 0. The van der Waals surface area contributed by atoms with Crippen molar-refractivity contribution >= 4 is 43.4 Å². The Morgan fingerprint density at radius 3 is 1.07 bits per heavy atom. The molecule has 0 aliphatic heterocycles. The van der Waals surface area contributed by atoms with Crippen LogP contribution in [0.4, 0.5) is 0 Å². The van der Waals surface area contributed by atoms with Crippen molar-refractivity contribution in [3.05, 3.63) is 396 Å². The van der Waals surface area contributed by atoms with Crippen LogP contribution >= 0.6 is 0 Å². The predicted octanol–water partition coefficient (Wildman–Crippen LogP) is 23.8. The van der Waals surface area contributed by atoms with Crippen LogP contribution in [0.3, 0.4) is 0 Å². The highest BCUT2D eigenvalue weighted by Gasteiger charge is 2.59. The van der Waals surface area contributed by atoms with E-state index in [1.807, 2.05) is 0 Å². The summed E-state index contributed by atoms with van der Waals surface area (Å²) in [5.74, 6) is 0. The topological polar surface area (TPSA) is 25.8 Å². The van der Waals surface area contributed by atoms with Crippen LogP contribution in [0.5, 0.6) is 0 Å². The molecule has 0 unspecified atom stereocenters. The molecule has 96 heavy (non-hydrogen) atoms. The van der Waals surface area contributed by atoms with Gasteiger partial charge in [0, 0.05) is 11.1 Å². The Balaban J connectivity index is 0.866. The lowest BCUT2D eigenvalue weighted by atomic mass is 9.52. The summed E-state index contributed by atoms with van der Waals surface area (Å²) in [6.45, 7) is 0. The molecule has 1 aromatic heterocycles. The zero-order valence-corrected chi connectivity index (χ0v) is 52.4. The van der Waals surface area contributed by atoms with Gasteiger partial charge in [-0.1, -0.05) is 309 Å². The molecule has 0 amide bonds. The number of aromatic nitrogens is 2. The number of nitrogens with zero attached hydrogens (tertiary/aromatic N) is 2. The Kier molecular flexibility index (Phi) is 11.9. The fourth-order valence-corrected chi connectivity index (χ4v) is 17.4. The molecule has 2 nitrogen and oxygen atoms in total. The second kappa shape index (κ2) is 21.1. The van der Waals surface area contributed by atoms with E-state index in [2.05, 4.69) is 352 Å². The maximum atomic E-state index is 5.60. The molecule has 20 rings (SSSR count). The molecule has 16 aromatic carbocycles. The Labute approximate surface area is 557 Å². The third kappa shape index (κ3) is 7.76. The van der Waals surface area contributed by atoms with Gasteiger partial charge in [-0.15, -0.1) is 0 Å². The van der Waals surface area contributed by atoms with Crippen molar-refractivity contribution in [3.63, 3.8) is 0 Å². The zero-order valence-electron chi connectivity index (χ0n) is 52.4. The van der Waals surface area contributed by atoms with Crippen LogP contribution in [0.15, 0.2) is 352 Å². The van der Waals surface area contributed by atoms with E-state index in [-0.39, 0.29) is 0 Å². The molecule has 444 valence electrons. The quantitative estimate of drug-likeness (QED) is 0.149. The predicted molar refractivity (Wildman–Crippen MR) is 398 cm³/mol. The maximum absolute atomic E-state index is 5.60. The van der Waals surface area contributed by atoms with Gasteiger partial charge in [0.2, 0.25) is 0 Å². The van der Waals surface area contributed by atoms with E-state index >= 15 is 0 Å². The summed E-state index contributed by atoms with van der Waals surface area (Å²) in [5, 5.41) is 7.06. The van der Waals surface area contributed by atoms with Crippen LogP contribution in [0.1, 0.15) is 44.5 Å². The molecule has 3 aliphatic rings. The van der Waals surface area contributed by atoms with Crippen LogP contribution in [0.25, 0.3) is 144 Å². The molecule has 0 bridgehead atoms. The van der Waals surface area contributed by atoms with E-state index in [0.717, 1.165) is 66.8 Å². The second-order valence-corrected chi connectivity index (χ2v) is 26.1. The van der Waals surface area contributed by atoms with Crippen LogP contribution in [-0.4, -0.2) is 9.97 Å². The van der Waals surface area contributed by atoms with Gasteiger partial charge < -0.3 is 0 Å². The highest BCUT2D eigenvalue weighted by molar-refractivity contribution is 6.23. The van der Waals surface area contributed by atoms with E-state index in [9.17, 15) is 0 Å². The molecule has 3 aliphatic carbocycles. The fraction of sp³-hybridized carbons (Fsp3) is 0.0213. The van der Waals surface area contributed by atoms with Gasteiger partial charge in [0.15, 0.2) is 0 Å². The average molecular weight is 1220 g/mol. The highest BCUT2D eigenvalue weighted by Crippen LogP contribution is 2.68. The van der Waals surface area contributed by atoms with Gasteiger partial charge in [-0.05, 0) is 197 Å². The first-order valence-electron chi connectivity index (χ1n) is 33.4. The van der Waals surface area contributed by atoms with Crippen molar-refractivity contribution in [1.82, 2.24) is 9.97 Å². The van der Waals surface area contributed by atoms with Gasteiger partial charge in [-0.3, -0.25) is 0 Å². The Morgan fingerprint density at radius 2 is 0.542 bits per heavy atom. The molecule has 0 saturated carbocycles. The minimum atomic E-state index is -0.637. The Hall–Kier alpha value is -12.4. The summed E-state index contributed by atoms with van der Waals surface area (Å²) in [6, 6.07) is 131. The van der Waals surface area contributed by atoms with Crippen LogP contribution < -0.4 is 0 Å². The molecule has 0 saturated heterocycles. The first kappa shape index (κ1) is 54.2. The van der Waals surface area contributed by atoms with Gasteiger partial charge >= 0.3 is 0 Å². The van der Waals surface area contributed by atoms with Crippen molar-refractivity contribution in [2.75, 3.05) is 0 Å². The molecule has 0 N–H and O–H groups in total. The first-order valence-corrected chi connectivity index (χ1v) is 33.4. The zero-order chi connectivity index (χ0) is 63.1. The second-order valence-electron chi connectivity index (χ2n) is 26.1. The summed E-state index contributed by atoms with van der Waals surface area (Å²) in [7, 11) is 0. The van der Waals surface area contributed by atoms with E-state index in [0.29, 0.717) is 0 Å². The minimum Gasteiger partial charge on any atom is -0.244 e. The van der Waals surface area contributed by atoms with Crippen LogP contribution in [0.2, 0.25) is 0 Å². The third-order valence-electron chi connectivity index (χ3n) is 21.3. The molecule has 2 spiro atoms. The molecular formula is C94H58N2. The van der Waals surface area contributed by atoms with Crippen LogP contribution in [0, 0.1) is 0 Å². The fourth-order valence-electron chi connectivity index (χ4n) is 17.4. The van der Waals surface area contributed by atoms with E-state index in [1.165, 1.54) is 122 Å². The largest absolute Gasteiger partial charge is 0.244 e. The van der Waals surface area contributed by atoms with Crippen molar-refractivity contribution in [3.8, 4) is 100 Å². The smallest absolute Gasteiger partial charge is 0.0973 e. The van der Waals surface area contributed by atoms with Gasteiger partial charge in [0.25, 0.3) is 0 Å². The summed E-state index contributed by atoms with van der Waals surface area (Å²) in [4.78, 5) is 11.1. The molecule has 1 heterocycles. The Morgan fingerprint density at radius 1 is 0.177 bits per heavy atom. The van der Waals surface area contributed by atoms with Crippen molar-refractivity contribution in [1.29, 1.82) is 0 Å².